The number of nitrogens with zero attached hydrogens (tertiary/aromatic N) is 5. The lowest BCUT2D eigenvalue weighted by molar-refractivity contribution is -0.385. The summed E-state index contributed by atoms with van der Waals surface area (Å²) >= 11 is 1.42. The van der Waals surface area contributed by atoms with Crippen molar-refractivity contribution in [2.45, 2.75) is 25.5 Å². The average molecular weight is 490 g/mol. The number of carbonyl (C=O) groups excluding carboxylic acids is 1. The van der Waals surface area contributed by atoms with Crippen molar-refractivity contribution in [2.24, 2.45) is 5.92 Å². The van der Waals surface area contributed by atoms with Gasteiger partial charge in [-0.15, -0.1) is 0 Å². The van der Waals surface area contributed by atoms with Crippen molar-refractivity contribution in [2.75, 3.05) is 38.9 Å². The monoisotopic (exact) mass is 489 g/mol. The molecule has 0 fully saturated rings. The summed E-state index contributed by atoms with van der Waals surface area (Å²) < 4.78 is 11.9. The minimum atomic E-state index is -0.634. The molecule has 0 bridgehead atoms. The number of hydrogen-bond acceptors (Lipinski definition) is 10. The number of benzene rings is 1. The molecule has 0 unspecified atom stereocenters. The van der Waals surface area contributed by atoms with Crippen LogP contribution < -0.4 is 20.1 Å². The zero-order valence-electron chi connectivity index (χ0n) is 19.6. The molecule has 2 heterocycles. The number of thioether (sulfide) groups is 1. The van der Waals surface area contributed by atoms with Gasteiger partial charge in [-0.1, -0.05) is 25.6 Å². The van der Waals surface area contributed by atoms with Gasteiger partial charge in [0.1, 0.15) is 11.4 Å². The van der Waals surface area contributed by atoms with Gasteiger partial charge in [0.05, 0.1) is 43.3 Å². The normalized spacial score (nSPS) is 11.0. The van der Waals surface area contributed by atoms with E-state index >= 15 is 0 Å². The third-order valence-corrected chi connectivity index (χ3v) is 5.44. The van der Waals surface area contributed by atoms with E-state index in [9.17, 15) is 14.9 Å². The predicted octanol–water partition coefficient (Wildman–Crippen LogP) is 2.97. The highest BCUT2D eigenvalue weighted by atomic mass is 32.2. The maximum Gasteiger partial charge on any atom is 0.286 e. The maximum absolute atomic E-state index is 12.8. The van der Waals surface area contributed by atoms with Crippen molar-refractivity contribution in [1.82, 2.24) is 25.1 Å². The van der Waals surface area contributed by atoms with Gasteiger partial charge in [0.25, 0.3) is 11.6 Å². The van der Waals surface area contributed by atoms with Gasteiger partial charge >= 0.3 is 0 Å². The molecule has 0 spiro atoms. The highest BCUT2D eigenvalue weighted by molar-refractivity contribution is 7.98. The minimum absolute atomic E-state index is 0.125. The van der Waals surface area contributed by atoms with E-state index in [4.69, 9.17) is 9.47 Å². The summed E-state index contributed by atoms with van der Waals surface area (Å²) in [5.41, 5.74) is 0.134. The second kappa shape index (κ2) is 11.0. The molecule has 182 valence electrons. The Balaban J connectivity index is 1.79. The molecule has 0 saturated heterocycles. The van der Waals surface area contributed by atoms with E-state index in [1.54, 1.807) is 10.9 Å². The lowest BCUT2D eigenvalue weighted by Gasteiger charge is -2.12. The first kappa shape index (κ1) is 25.0. The molecule has 0 aliphatic carbocycles. The second-order valence-corrected chi connectivity index (χ2v) is 8.45. The number of hydrogen-bond donors (Lipinski definition) is 2. The molecule has 12 nitrogen and oxygen atoms in total. The number of ether oxygens (including phenoxy) is 2. The molecule has 0 saturated carbocycles. The van der Waals surface area contributed by atoms with Gasteiger partial charge in [0.15, 0.2) is 22.3 Å². The zero-order valence-corrected chi connectivity index (χ0v) is 20.4. The Morgan fingerprint density at radius 2 is 1.94 bits per heavy atom. The second-order valence-electron chi connectivity index (χ2n) is 7.68. The summed E-state index contributed by atoms with van der Waals surface area (Å²) in [6, 6.07) is 2.46. The quantitative estimate of drug-likeness (QED) is 0.178. The van der Waals surface area contributed by atoms with Crippen LogP contribution in [0.3, 0.4) is 0 Å². The number of nitro groups is 1. The number of fused-ring (bicyclic) bond motifs is 1. The Morgan fingerprint density at radius 1 is 1.24 bits per heavy atom. The van der Waals surface area contributed by atoms with E-state index in [2.05, 4.69) is 39.5 Å². The van der Waals surface area contributed by atoms with Crippen LogP contribution in [0.1, 0.15) is 24.2 Å². The first-order chi connectivity index (χ1) is 16.3. The number of methoxy groups -OCH3 is 2. The van der Waals surface area contributed by atoms with Gasteiger partial charge in [0.2, 0.25) is 0 Å². The SMILES string of the molecule is COc1cc(C(=O)NCCn2ncc3c(NCC(C)C)nc(SC)nc32)c([N+](=O)[O-])cc1OC. The molecule has 1 aromatic carbocycles. The maximum atomic E-state index is 12.8. The largest absolute Gasteiger partial charge is 0.493 e. The van der Waals surface area contributed by atoms with Gasteiger partial charge < -0.3 is 20.1 Å². The topological polar surface area (TPSA) is 146 Å². The first-order valence-corrected chi connectivity index (χ1v) is 11.7. The number of nitrogens with one attached hydrogen (secondary N) is 2. The van der Waals surface area contributed by atoms with Gasteiger partial charge in [-0.2, -0.15) is 5.10 Å². The third-order valence-electron chi connectivity index (χ3n) is 4.89. The third kappa shape index (κ3) is 5.47. The Bertz CT molecular complexity index is 1200. The highest BCUT2D eigenvalue weighted by Crippen LogP contribution is 2.34. The van der Waals surface area contributed by atoms with Crippen LogP contribution in [0.4, 0.5) is 11.5 Å². The summed E-state index contributed by atoms with van der Waals surface area (Å²) in [4.78, 5) is 32.7. The lowest BCUT2D eigenvalue weighted by Crippen LogP contribution is -2.28. The van der Waals surface area contributed by atoms with Crippen LogP contribution in [0, 0.1) is 16.0 Å². The van der Waals surface area contributed by atoms with E-state index in [1.807, 2.05) is 6.26 Å². The number of rotatable bonds is 11. The van der Waals surface area contributed by atoms with Crippen molar-refractivity contribution < 1.29 is 19.2 Å². The van der Waals surface area contributed by atoms with E-state index in [-0.39, 0.29) is 29.3 Å². The molecule has 0 radical (unpaired) electrons. The molecular weight excluding hydrogens is 462 g/mol. The first-order valence-electron chi connectivity index (χ1n) is 10.5. The lowest BCUT2D eigenvalue weighted by atomic mass is 10.1. The standard InChI is InChI=1S/C21H27N7O5S/c1-12(2)10-23-18-14-11-24-27(19(14)26-21(25-18)34-5)7-6-22-20(29)13-8-16(32-3)17(33-4)9-15(13)28(30)31/h8-9,11-12H,6-7,10H2,1-5H3,(H,22,29)(H,23,25,26). The Kier molecular flexibility index (Phi) is 8.10. The Morgan fingerprint density at radius 3 is 2.56 bits per heavy atom. The Hall–Kier alpha value is -3.61. The van der Waals surface area contributed by atoms with E-state index in [0.717, 1.165) is 11.9 Å². The van der Waals surface area contributed by atoms with Crippen LogP contribution in [0.15, 0.2) is 23.5 Å². The zero-order chi connectivity index (χ0) is 24.8. The number of nitro benzene ring substituents is 1. The minimum Gasteiger partial charge on any atom is -0.493 e. The fourth-order valence-electron chi connectivity index (χ4n) is 3.20. The molecule has 3 rings (SSSR count). The summed E-state index contributed by atoms with van der Waals surface area (Å²) in [7, 11) is 2.76. The van der Waals surface area contributed by atoms with Gasteiger partial charge in [0, 0.05) is 19.2 Å². The molecule has 0 aliphatic heterocycles. The van der Waals surface area contributed by atoms with Crippen molar-refractivity contribution >= 4 is 40.2 Å². The number of amides is 1. The number of anilines is 1. The number of aromatic nitrogens is 4. The van der Waals surface area contributed by atoms with E-state index in [1.165, 1.54) is 38.1 Å². The molecule has 13 heteroatoms. The van der Waals surface area contributed by atoms with Crippen LogP contribution in [-0.4, -0.2) is 64.1 Å². The molecule has 1 amide bonds. The van der Waals surface area contributed by atoms with Crippen molar-refractivity contribution in [3.63, 3.8) is 0 Å². The van der Waals surface area contributed by atoms with Gasteiger partial charge in [-0.3, -0.25) is 14.9 Å². The molecule has 0 atom stereocenters. The smallest absolute Gasteiger partial charge is 0.286 e. The molecule has 2 N–H and O–H groups in total. The van der Waals surface area contributed by atoms with E-state index in [0.29, 0.717) is 29.1 Å². The number of carbonyl (C=O) groups is 1. The van der Waals surface area contributed by atoms with Crippen molar-refractivity contribution in [3.05, 3.63) is 34.0 Å². The van der Waals surface area contributed by atoms with Gasteiger partial charge in [-0.05, 0) is 12.2 Å². The molecular formula is C21H27N7O5S. The van der Waals surface area contributed by atoms with Crippen LogP contribution in [-0.2, 0) is 6.54 Å². The Labute approximate surface area is 200 Å². The fourth-order valence-corrected chi connectivity index (χ4v) is 3.56. The van der Waals surface area contributed by atoms with Crippen LogP contribution in [0.5, 0.6) is 11.5 Å². The van der Waals surface area contributed by atoms with Crippen LogP contribution in [0.25, 0.3) is 11.0 Å². The molecule has 34 heavy (non-hydrogen) atoms. The molecule has 0 aliphatic rings. The summed E-state index contributed by atoms with van der Waals surface area (Å²) in [5, 5.41) is 23.3. The van der Waals surface area contributed by atoms with Crippen molar-refractivity contribution in [3.8, 4) is 11.5 Å². The van der Waals surface area contributed by atoms with Crippen LogP contribution >= 0.6 is 11.8 Å². The van der Waals surface area contributed by atoms with Crippen molar-refractivity contribution in [1.29, 1.82) is 0 Å². The summed E-state index contributed by atoms with van der Waals surface area (Å²) in [5.74, 6) is 0.926. The van der Waals surface area contributed by atoms with E-state index < -0.39 is 10.8 Å². The predicted molar refractivity (Wildman–Crippen MR) is 129 cm³/mol. The summed E-state index contributed by atoms with van der Waals surface area (Å²) in [6.45, 7) is 5.45. The fraction of sp³-hybridized carbons (Fsp3) is 0.429. The summed E-state index contributed by atoms with van der Waals surface area (Å²) in [6.07, 6.45) is 3.58. The molecule has 3 aromatic rings. The van der Waals surface area contributed by atoms with Gasteiger partial charge in [-0.25, -0.2) is 14.6 Å². The highest BCUT2D eigenvalue weighted by Gasteiger charge is 2.24. The average Bonchev–Trinajstić information content (AvgIpc) is 3.24. The van der Waals surface area contributed by atoms with Crippen LogP contribution in [0.2, 0.25) is 0 Å². The molecule has 2 aromatic heterocycles.